The smallest absolute Gasteiger partial charge is 0.329 e. The number of benzene rings is 3. The summed E-state index contributed by atoms with van der Waals surface area (Å²) in [5, 5.41) is 9.10. The molecule has 3 N–H and O–H groups in total. The van der Waals surface area contributed by atoms with E-state index < -0.39 is 11.8 Å². The summed E-state index contributed by atoms with van der Waals surface area (Å²) in [4.78, 5) is 36.1. The molecule has 0 unspecified atom stereocenters. The molecule has 0 bridgehead atoms. The van der Waals surface area contributed by atoms with Crippen LogP contribution in [0.1, 0.15) is 22.3 Å². The Morgan fingerprint density at radius 3 is 2.29 bits per heavy atom. The fourth-order valence-corrected chi connectivity index (χ4v) is 2.89. The fourth-order valence-electron chi connectivity index (χ4n) is 2.89. The average molecular weight is 459 g/mol. The molecule has 3 amide bonds. The highest BCUT2D eigenvalue weighted by Crippen LogP contribution is 2.15. The number of carbonyl (C=O) groups excluding carboxylic acids is 3. The largest absolute Gasteiger partial charge is 0.484 e. The van der Waals surface area contributed by atoms with Crippen molar-refractivity contribution in [2.75, 3.05) is 17.2 Å². The molecule has 0 fully saturated rings. The van der Waals surface area contributed by atoms with Crippen LogP contribution in [0.5, 0.6) is 5.75 Å². The molecular formula is C26H26N4O4. The Balaban J connectivity index is 1.48. The fraction of sp³-hybridized carbons (Fsp3) is 0.154. The highest BCUT2D eigenvalue weighted by molar-refractivity contribution is 6.39. The van der Waals surface area contributed by atoms with Crippen molar-refractivity contribution >= 4 is 35.3 Å². The van der Waals surface area contributed by atoms with Crippen molar-refractivity contribution in [2.45, 2.75) is 20.8 Å². The molecule has 0 atom stereocenters. The molecular weight excluding hydrogens is 432 g/mol. The van der Waals surface area contributed by atoms with E-state index in [1.54, 1.807) is 36.4 Å². The van der Waals surface area contributed by atoms with Gasteiger partial charge in [0.15, 0.2) is 6.61 Å². The maximum absolute atomic E-state index is 12.2. The SMILES string of the molecule is Cc1ccc(NC(=O)C(=O)N/N=C/c2cccc(OCC(=O)Nc3ccc(C)c(C)c3)c2)cc1. The quantitative estimate of drug-likeness (QED) is 0.285. The monoisotopic (exact) mass is 458 g/mol. The summed E-state index contributed by atoms with van der Waals surface area (Å²) in [5.41, 5.74) is 7.30. The summed E-state index contributed by atoms with van der Waals surface area (Å²) in [7, 11) is 0. The molecule has 0 aromatic heterocycles. The van der Waals surface area contributed by atoms with Gasteiger partial charge in [-0.25, -0.2) is 5.43 Å². The van der Waals surface area contributed by atoms with Gasteiger partial charge in [-0.3, -0.25) is 14.4 Å². The second-order valence-corrected chi connectivity index (χ2v) is 7.73. The first-order chi connectivity index (χ1) is 16.3. The van der Waals surface area contributed by atoms with Crippen molar-refractivity contribution < 1.29 is 19.1 Å². The summed E-state index contributed by atoms with van der Waals surface area (Å²) in [6.45, 7) is 5.75. The molecule has 8 nitrogen and oxygen atoms in total. The lowest BCUT2D eigenvalue weighted by molar-refractivity contribution is -0.136. The number of nitrogens with one attached hydrogen (secondary N) is 3. The topological polar surface area (TPSA) is 109 Å². The van der Waals surface area contributed by atoms with Crippen LogP contribution < -0.4 is 20.8 Å². The van der Waals surface area contributed by atoms with Crippen molar-refractivity contribution in [1.29, 1.82) is 0 Å². The highest BCUT2D eigenvalue weighted by atomic mass is 16.5. The number of rotatable bonds is 7. The van der Waals surface area contributed by atoms with Crippen LogP contribution in [-0.4, -0.2) is 30.5 Å². The molecule has 174 valence electrons. The molecule has 0 aliphatic rings. The van der Waals surface area contributed by atoms with Crippen LogP contribution in [-0.2, 0) is 14.4 Å². The van der Waals surface area contributed by atoms with E-state index in [1.165, 1.54) is 6.21 Å². The van der Waals surface area contributed by atoms with E-state index in [9.17, 15) is 14.4 Å². The molecule has 0 aliphatic heterocycles. The number of carbonyl (C=O) groups is 3. The van der Waals surface area contributed by atoms with E-state index in [-0.39, 0.29) is 12.5 Å². The van der Waals surface area contributed by atoms with E-state index >= 15 is 0 Å². The van der Waals surface area contributed by atoms with Crippen LogP contribution in [0.25, 0.3) is 0 Å². The zero-order valence-corrected chi connectivity index (χ0v) is 19.2. The first-order valence-corrected chi connectivity index (χ1v) is 10.6. The Morgan fingerprint density at radius 1 is 0.824 bits per heavy atom. The third-order valence-corrected chi connectivity index (χ3v) is 4.91. The maximum Gasteiger partial charge on any atom is 0.329 e. The second kappa shape index (κ2) is 11.4. The molecule has 0 aliphatic carbocycles. The van der Waals surface area contributed by atoms with Gasteiger partial charge in [0, 0.05) is 11.4 Å². The summed E-state index contributed by atoms with van der Waals surface area (Å²) in [5.74, 6) is -1.54. The summed E-state index contributed by atoms with van der Waals surface area (Å²) < 4.78 is 5.55. The van der Waals surface area contributed by atoms with E-state index in [0.29, 0.717) is 22.7 Å². The Bertz CT molecular complexity index is 1220. The Labute approximate surface area is 198 Å². The average Bonchev–Trinajstić information content (AvgIpc) is 2.82. The molecule has 0 saturated carbocycles. The zero-order chi connectivity index (χ0) is 24.5. The van der Waals surface area contributed by atoms with E-state index in [1.807, 2.05) is 51.1 Å². The number of amides is 3. The summed E-state index contributed by atoms with van der Waals surface area (Å²) in [6, 6.07) is 19.6. The van der Waals surface area contributed by atoms with Crippen LogP contribution >= 0.6 is 0 Å². The predicted molar refractivity (Wildman–Crippen MR) is 132 cm³/mol. The third-order valence-electron chi connectivity index (χ3n) is 4.91. The highest BCUT2D eigenvalue weighted by Gasteiger charge is 2.12. The van der Waals surface area contributed by atoms with E-state index in [0.717, 1.165) is 16.7 Å². The number of anilines is 2. The number of hydrazone groups is 1. The minimum atomic E-state index is -0.896. The van der Waals surface area contributed by atoms with Gasteiger partial charge in [0.05, 0.1) is 6.21 Å². The Hall–Kier alpha value is -4.46. The van der Waals surface area contributed by atoms with Gasteiger partial charge in [-0.15, -0.1) is 0 Å². The lowest BCUT2D eigenvalue weighted by Crippen LogP contribution is -2.32. The minimum Gasteiger partial charge on any atom is -0.484 e. The van der Waals surface area contributed by atoms with Gasteiger partial charge in [-0.05, 0) is 73.9 Å². The number of hydrogen-bond donors (Lipinski definition) is 3. The first-order valence-electron chi connectivity index (χ1n) is 10.6. The molecule has 3 aromatic carbocycles. The van der Waals surface area contributed by atoms with Crippen LogP contribution in [0, 0.1) is 20.8 Å². The summed E-state index contributed by atoms with van der Waals surface area (Å²) >= 11 is 0. The lowest BCUT2D eigenvalue weighted by atomic mass is 10.1. The number of hydrogen-bond acceptors (Lipinski definition) is 5. The molecule has 3 rings (SSSR count). The third kappa shape index (κ3) is 7.30. The van der Waals surface area contributed by atoms with Gasteiger partial charge >= 0.3 is 11.8 Å². The van der Waals surface area contributed by atoms with Crippen molar-refractivity contribution in [1.82, 2.24) is 5.43 Å². The van der Waals surface area contributed by atoms with Crippen LogP contribution in [0.3, 0.4) is 0 Å². The number of aryl methyl sites for hydroxylation is 3. The molecule has 0 saturated heterocycles. The van der Waals surface area contributed by atoms with E-state index in [4.69, 9.17) is 4.74 Å². The van der Waals surface area contributed by atoms with Gasteiger partial charge in [-0.1, -0.05) is 35.9 Å². The van der Waals surface area contributed by atoms with Crippen LogP contribution in [0.2, 0.25) is 0 Å². The molecule has 34 heavy (non-hydrogen) atoms. The van der Waals surface area contributed by atoms with Gasteiger partial charge in [0.25, 0.3) is 5.91 Å². The summed E-state index contributed by atoms with van der Waals surface area (Å²) in [6.07, 6.45) is 1.37. The second-order valence-electron chi connectivity index (χ2n) is 7.73. The van der Waals surface area contributed by atoms with Crippen LogP contribution in [0.4, 0.5) is 11.4 Å². The Kier molecular flexibility index (Phi) is 8.12. The van der Waals surface area contributed by atoms with Gasteiger partial charge in [0.1, 0.15) is 5.75 Å². The van der Waals surface area contributed by atoms with E-state index in [2.05, 4.69) is 21.2 Å². The van der Waals surface area contributed by atoms with Crippen molar-refractivity contribution in [3.05, 3.63) is 89.0 Å². The first kappa shape index (κ1) is 24.2. The molecule has 3 aromatic rings. The minimum absolute atomic E-state index is 0.163. The lowest BCUT2D eigenvalue weighted by Gasteiger charge is -2.09. The van der Waals surface area contributed by atoms with Crippen molar-refractivity contribution in [2.24, 2.45) is 5.10 Å². The Morgan fingerprint density at radius 2 is 1.56 bits per heavy atom. The molecule has 0 radical (unpaired) electrons. The molecule has 0 heterocycles. The number of ether oxygens (including phenoxy) is 1. The molecule has 0 spiro atoms. The number of nitrogens with zero attached hydrogens (tertiary/aromatic N) is 1. The molecule has 8 heteroatoms. The predicted octanol–water partition coefficient (Wildman–Crippen LogP) is 3.72. The zero-order valence-electron chi connectivity index (χ0n) is 19.2. The van der Waals surface area contributed by atoms with Crippen molar-refractivity contribution in [3.8, 4) is 5.75 Å². The van der Waals surface area contributed by atoms with Crippen molar-refractivity contribution in [3.63, 3.8) is 0 Å². The maximum atomic E-state index is 12.2. The van der Waals surface area contributed by atoms with Crippen LogP contribution in [0.15, 0.2) is 71.8 Å². The van der Waals surface area contributed by atoms with Gasteiger partial charge < -0.3 is 15.4 Å². The van der Waals surface area contributed by atoms with Gasteiger partial charge in [0.2, 0.25) is 0 Å². The standard InChI is InChI=1S/C26H26N4O4/c1-17-7-10-21(11-8-17)29-25(32)26(33)30-27-15-20-5-4-6-23(14-20)34-16-24(31)28-22-12-9-18(2)19(3)13-22/h4-15H,16H2,1-3H3,(H,28,31)(H,29,32)(H,30,33)/b27-15+. The normalized spacial score (nSPS) is 10.6. The van der Waals surface area contributed by atoms with Gasteiger partial charge in [-0.2, -0.15) is 5.10 Å².